The first-order valence-electron chi connectivity index (χ1n) is 12.5. The predicted octanol–water partition coefficient (Wildman–Crippen LogP) is 3.94. The van der Waals surface area contributed by atoms with E-state index >= 15 is 0 Å². The zero-order valence-corrected chi connectivity index (χ0v) is 20.9. The molecule has 4 aromatic rings. The minimum absolute atomic E-state index is 0.0495. The Bertz CT molecular complexity index is 1460. The van der Waals surface area contributed by atoms with Crippen LogP contribution < -0.4 is 4.90 Å². The van der Waals surface area contributed by atoms with E-state index in [4.69, 9.17) is 14.8 Å². The lowest BCUT2D eigenvalue weighted by Gasteiger charge is -2.37. The molecule has 0 N–H and O–H groups in total. The molecule has 0 aliphatic carbocycles. The number of aromatic nitrogens is 5. The van der Waals surface area contributed by atoms with Crippen molar-refractivity contribution < 1.29 is 18.3 Å². The second kappa shape index (κ2) is 8.76. The number of methoxy groups -OCH3 is 1. The third-order valence-corrected chi connectivity index (χ3v) is 7.73. The normalized spacial score (nSPS) is 19.6. The van der Waals surface area contributed by atoms with E-state index in [-0.39, 0.29) is 37.4 Å². The highest BCUT2D eigenvalue weighted by Crippen LogP contribution is 2.30. The number of carbonyl (C=O) groups is 1. The van der Waals surface area contributed by atoms with E-state index < -0.39 is 5.92 Å². The van der Waals surface area contributed by atoms with E-state index in [1.165, 1.54) is 11.1 Å². The summed E-state index contributed by atoms with van der Waals surface area (Å²) in [5, 5.41) is 5.51. The topological polar surface area (TPSA) is 80.8 Å². The van der Waals surface area contributed by atoms with Crippen LogP contribution in [0.3, 0.4) is 0 Å². The standard InChI is InChI=1S/C26H29F2N7O2/c1-25(37-2)6-11-33(12-7-25)24-30-21-4-3-20(17-35(21)31-24)34-10-5-18-15-19(16-29-22(18)34)23(36)32-13-8-26(27,28)9-14-32/h3-5,10,15-17H,6-9,11-14H2,1-2H3. The van der Waals surface area contributed by atoms with Gasteiger partial charge >= 0.3 is 0 Å². The molecule has 4 aromatic heterocycles. The fraction of sp³-hybridized carbons (Fsp3) is 0.462. The van der Waals surface area contributed by atoms with Crippen LogP contribution in [0.15, 0.2) is 42.9 Å². The molecule has 11 heteroatoms. The maximum absolute atomic E-state index is 13.5. The lowest BCUT2D eigenvalue weighted by atomic mass is 9.94. The first-order valence-corrected chi connectivity index (χ1v) is 12.5. The molecule has 9 nitrogen and oxygen atoms in total. The van der Waals surface area contributed by atoms with Gasteiger partial charge in [-0.2, -0.15) is 4.98 Å². The average Bonchev–Trinajstić information content (AvgIpc) is 3.52. The Morgan fingerprint density at radius 1 is 1.05 bits per heavy atom. The highest BCUT2D eigenvalue weighted by molar-refractivity contribution is 5.97. The number of piperidine rings is 2. The molecule has 6 rings (SSSR count). The van der Waals surface area contributed by atoms with Gasteiger partial charge in [-0.05, 0) is 44.0 Å². The summed E-state index contributed by atoms with van der Waals surface area (Å²) < 4.78 is 36.3. The number of hydrogen-bond acceptors (Lipinski definition) is 6. The molecule has 0 atom stereocenters. The third kappa shape index (κ3) is 4.41. The number of hydrogen-bond donors (Lipinski definition) is 0. The molecule has 0 aromatic carbocycles. The van der Waals surface area contributed by atoms with E-state index in [9.17, 15) is 13.6 Å². The Morgan fingerprint density at radius 3 is 2.54 bits per heavy atom. The largest absolute Gasteiger partial charge is 0.378 e. The molecule has 37 heavy (non-hydrogen) atoms. The fourth-order valence-electron chi connectivity index (χ4n) is 5.09. The SMILES string of the molecule is COC1(C)CCN(c2nc3ccc(-n4ccc5cc(C(=O)N6CCC(F)(F)CC6)cnc54)cn3n2)CC1. The quantitative estimate of drug-likeness (QED) is 0.415. The first-order chi connectivity index (χ1) is 17.7. The van der Waals surface area contributed by atoms with E-state index in [1.54, 1.807) is 17.7 Å². The van der Waals surface area contributed by atoms with Crippen molar-refractivity contribution in [2.24, 2.45) is 0 Å². The molecule has 2 aliphatic heterocycles. The number of amides is 1. The van der Waals surface area contributed by atoms with Crippen molar-refractivity contribution in [3.05, 3.63) is 48.4 Å². The number of fused-ring (bicyclic) bond motifs is 2. The highest BCUT2D eigenvalue weighted by Gasteiger charge is 2.36. The molecule has 2 fully saturated rings. The van der Waals surface area contributed by atoms with Crippen molar-refractivity contribution in [1.82, 2.24) is 29.0 Å². The minimum atomic E-state index is -2.69. The van der Waals surface area contributed by atoms with Crippen molar-refractivity contribution in [3.63, 3.8) is 0 Å². The van der Waals surface area contributed by atoms with Crippen LogP contribution in [-0.2, 0) is 4.74 Å². The summed E-state index contributed by atoms with van der Waals surface area (Å²) in [6.07, 6.45) is 6.54. The van der Waals surface area contributed by atoms with Gasteiger partial charge in [-0.1, -0.05) is 0 Å². The smallest absolute Gasteiger partial charge is 0.255 e. The first kappa shape index (κ1) is 23.8. The Balaban J connectivity index is 1.23. The summed E-state index contributed by atoms with van der Waals surface area (Å²) in [6, 6.07) is 7.54. The fourth-order valence-corrected chi connectivity index (χ4v) is 5.09. The summed E-state index contributed by atoms with van der Waals surface area (Å²) in [7, 11) is 1.76. The maximum atomic E-state index is 13.5. The van der Waals surface area contributed by atoms with Crippen molar-refractivity contribution in [3.8, 4) is 5.69 Å². The summed E-state index contributed by atoms with van der Waals surface area (Å²) in [6.45, 7) is 3.90. The Morgan fingerprint density at radius 2 is 1.81 bits per heavy atom. The number of anilines is 1. The third-order valence-electron chi connectivity index (χ3n) is 7.73. The molecule has 0 bridgehead atoms. The number of carbonyl (C=O) groups excluding carboxylic acids is 1. The van der Waals surface area contributed by atoms with Gasteiger partial charge in [-0.25, -0.2) is 18.3 Å². The molecule has 2 saturated heterocycles. The van der Waals surface area contributed by atoms with E-state index in [0.717, 1.165) is 42.7 Å². The maximum Gasteiger partial charge on any atom is 0.255 e. The zero-order valence-electron chi connectivity index (χ0n) is 20.9. The monoisotopic (exact) mass is 509 g/mol. The Labute approximate surface area is 212 Å². The van der Waals surface area contributed by atoms with E-state index in [0.29, 0.717) is 17.2 Å². The summed E-state index contributed by atoms with van der Waals surface area (Å²) in [5.74, 6) is -2.26. The summed E-state index contributed by atoms with van der Waals surface area (Å²) in [5.41, 5.74) is 2.60. The Kier molecular flexibility index (Phi) is 5.63. The van der Waals surface area contributed by atoms with E-state index in [1.807, 2.05) is 35.2 Å². The molecule has 0 saturated carbocycles. The van der Waals surface area contributed by atoms with Crippen molar-refractivity contribution in [2.45, 2.75) is 44.1 Å². The number of nitrogens with zero attached hydrogens (tertiary/aromatic N) is 7. The van der Waals surface area contributed by atoms with Crippen LogP contribution in [0.4, 0.5) is 14.7 Å². The van der Waals surface area contributed by atoms with E-state index in [2.05, 4.69) is 16.8 Å². The number of alkyl halides is 2. The molecule has 0 unspecified atom stereocenters. The number of ether oxygens (including phenoxy) is 1. The summed E-state index contributed by atoms with van der Waals surface area (Å²) in [4.78, 5) is 25.8. The van der Waals surface area contributed by atoms with Gasteiger partial charge in [-0.3, -0.25) is 9.36 Å². The van der Waals surface area contributed by atoms with Gasteiger partial charge < -0.3 is 14.5 Å². The molecule has 0 radical (unpaired) electrons. The van der Waals surface area contributed by atoms with Crippen LogP contribution in [0.1, 0.15) is 43.0 Å². The van der Waals surface area contributed by atoms with Crippen LogP contribution in [0.25, 0.3) is 22.4 Å². The van der Waals surface area contributed by atoms with Crippen LogP contribution in [0.5, 0.6) is 0 Å². The number of pyridine rings is 2. The zero-order chi connectivity index (χ0) is 25.8. The molecule has 0 spiro atoms. The van der Waals surface area contributed by atoms with Crippen LogP contribution in [0.2, 0.25) is 0 Å². The molecule has 1 amide bonds. The van der Waals surface area contributed by atoms with Crippen LogP contribution in [0, 0.1) is 0 Å². The lowest BCUT2D eigenvalue weighted by Crippen LogP contribution is -2.44. The number of halogens is 2. The number of likely N-dealkylation sites (tertiary alicyclic amines) is 1. The van der Waals surface area contributed by atoms with Gasteiger partial charge in [0.25, 0.3) is 11.8 Å². The van der Waals surface area contributed by atoms with Gasteiger partial charge in [0.05, 0.1) is 23.0 Å². The van der Waals surface area contributed by atoms with Gasteiger partial charge in [0.15, 0.2) is 5.65 Å². The predicted molar refractivity (Wildman–Crippen MR) is 135 cm³/mol. The van der Waals surface area contributed by atoms with Crippen molar-refractivity contribution in [2.75, 3.05) is 38.2 Å². The molecular weight excluding hydrogens is 480 g/mol. The molecule has 194 valence electrons. The second-order valence-corrected chi connectivity index (χ2v) is 10.2. The minimum Gasteiger partial charge on any atom is -0.378 e. The van der Waals surface area contributed by atoms with Crippen LogP contribution in [-0.4, -0.2) is 79.8 Å². The Hall–Kier alpha value is -3.60. The van der Waals surface area contributed by atoms with Crippen molar-refractivity contribution >= 4 is 28.5 Å². The second-order valence-electron chi connectivity index (χ2n) is 10.2. The molecule has 2 aliphatic rings. The lowest BCUT2D eigenvalue weighted by molar-refractivity contribution is -0.0494. The summed E-state index contributed by atoms with van der Waals surface area (Å²) >= 11 is 0. The highest BCUT2D eigenvalue weighted by atomic mass is 19.3. The van der Waals surface area contributed by atoms with Crippen molar-refractivity contribution in [1.29, 1.82) is 0 Å². The van der Waals surface area contributed by atoms with Gasteiger partial charge in [-0.15, -0.1) is 5.10 Å². The number of rotatable bonds is 4. The molecule has 6 heterocycles. The van der Waals surface area contributed by atoms with Gasteiger partial charge in [0.1, 0.15) is 5.65 Å². The molecular formula is C26H29F2N7O2. The van der Waals surface area contributed by atoms with Crippen LogP contribution >= 0.6 is 0 Å². The van der Waals surface area contributed by atoms with Gasteiger partial charge in [0.2, 0.25) is 5.95 Å². The van der Waals surface area contributed by atoms with Gasteiger partial charge in [0, 0.05) is 63.9 Å². The average molecular weight is 510 g/mol.